The van der Waals surface area contributed by atoms with E-state index in [2.05, 4.69) is 15.5 Å². The summed E-state index contributed by atoms with van der Waals surface area (Å²) in [6.45, 7) is 1.91. The average Bonchev–Trinajstić information content (AvgIpc) is 2.42. The lowest BCUT2D eigenvalue weighted by Crippen LogP contribution is -1.98. The second-order valence-electron chi connectivity index (χ2n) is 4.35. The van der Waals surface area contributed by atoms with Crippen LogP contribution >= 0.6 is 0 Å². The third-order valence-electron chi connectivity index (χ3n) is 2.96. The van der Waals surface area contributed by atoms with Crippen molar-refractivity contribution in [2.75, 3.05) is 5.32 Å². The number of benzene rings is 2. The smallest absolute Gasteiger partial charge is 0.117 e. The van der Waals surface area contributed by atoms with Gasteiger partial charge in [0.25, 0.3) is 0 Å². The van der Waals surface area contributed by atoms with Crippen LogP contribution in [0, 0.1) is 6.92 Å². The molecule has 0 bridgehead atoms. The van der Waals surface area contributed by atoms with Crippen molar-refractivity contribution in [3.05, 3.63) is 54.2 Å². The molecule has 0 fully saturated rings. The molecule has 1 heterocycles. The molecule has 4 heteroatoms. The number of hydrogen-bond donors (Lipinski definition) is 2. The van der Waals surface area contributed by atoms with Crippen LogP contribution < -0.4 is 5.32 Å². The lowest BCUT2D eigenvalue weighted by atomic mass is 10.1. The van der Waals surface area contributed by atoms with E-state index >= 15 is 0 Å². The molecule has 1 aromatic heterocycles. The van der Waals surface area contributed by atoms with Gasteiger partial charge in [-0.05, 0) is 25.1 Å². The van der Waals surface area contributed by atoms with Crippen LogP contribution in [0.4, 0.5) is 11.4 Å². The van der Waals surface area contributed by atoms with Crippen molar-refractivity contribution >= 4 is 22.3 Å². The van der Waals surface area contributed by atoms with Crippen molar-refractivity contribution in [2.45, 2.75) is 6.92 Å². The maximum atomic E-state index is 9.51. The molecular weight excluding hydrogens is 238 g/mol. The normalized spacial score (nSPS) is 10.6. The van der Waals surface area contributed by atoms with Crippen molar-refractivity contribution in [1.29, 1.82) is 0 Å². The summed E-state index contributed by atoms with van der Waals surface area (Å²) in [7, 11) is 0. The average molecular weight is 251 g/mol. The van der Waals surface area contributed by atoms with Gasteiger partial charge in [-0.1, -0.05) is 24.3 Å². The van der Waals surface area contributed by atoms with Gasteiger partial charge in [-0.15, -0.1) is 0 Å². The Morgan fingerprint density at radius 2 is 1.84 bits per heavy atom. The van der Waals surface area contributed by atoms with E-state index in [4.69, 9.17) is 0 Å². The zero-order chi connectivity index (χ0) is 13.2. The minimum atomic E-state index is 0.231. The van der Waals surface area contributed by atoms with Gasteiger partial charge in [-0.2, -0.15) is 10.2 Å². The fourth-order valence-electron chi connectivity index (χ4n) is 2.03. The molecule has 94 valence electrons. The Labute approximate surface area is 110 Å². The maximum absolute atomic E-state index is 9.51. The van der Waals surface area contributed by atoms with Crippen LogP contribution in [0.5, 0.6) is 5.75 Å². The predicted octanol–water partition coefficient (Wildman–Crippen LogP) is 3.39. The number of phenols is 1. The number of nitrogens with zero attached hydrogens (tertiary/aromatic N) is 2. The summed E-state index contributed by atoms with van der Waals surface area (Å²) in [5.41, 5.74) is 3.40. The number of phenolic OH excluding ortho intramolecular Hbond substituents is 1. The fourth-order valence-corrected chi connectivity index (χ4v) is 2.03. The highest BCUT2D eigenvalue weighted by molar-refractivity contribution is 5.93. The van der Waals surface area contributed by atoms with Crippen molar-refractivity contribution < 1.29 is 5.11 Å². The number of anilines is 2. The first-order chi connectivity index (χ1) is 9.24. The SMILES string of the molecule is Cc1nnc2ccccc2c1Nc1cccc(O)c1. The highest BCUT2D eigenvalue weighted by Crippen LogP contribution is 2.28. The maximum Gasteiger partial charge on any atom is 0.117 e. The Morgan fingerprint density at radius 1 is 1.00 bits per heavy atom. The highest BCUT2D eigenvalue weighted by atomic mass is 16.3. The van der Waals surface area contributed by atoms with Crippen LogP contribution in [0.1, 0.15) is 5.69 Å². The molecule has 0 aliphatic carbocycles. The van der Waals surface area contributed by atoms with Gasteiger partial charge in [-0.25, -0.2) is 0 Å². The molecule has 0 saturated carbocycles. The molecule has 19 heavy (non-hydrogen) atoms. The second kappa shape index (κ2) is 4.57. The summed E-state index contributed by atoms with van der Waals surface area (Å²) in [6.07, 6.45) is 0. The number of fused-ring (bicyclic) bond motifs is 1. The van der Waals surface area contributed by atoms with Gasteiger partial charge in [-0.3, -0.25) is 0 Å². The first-order valence-electron chi connectivity index (χ1n) is 6.02. The Hall–Kier alpha value is -2.62. The Kier molecular flexibility index (Phi) is 2.76. The van der Waals surface area contributed by atoms with Crippen molar-refractivity contribution in [3.63, 3.8) is 0 Å². The Morgan fingerprint density at radius 3 is 2.68 bits per heavy atom. The number of hydrogen-bond acceptors (Lipinski definition) is 4. The molecular formula is C15H13N3O. The molecule has 0 spiro atoms. The van der Waals surface area contributed by atoms with Crippen LogP contribution in [0.15, 0.2) is 48.5 Å². The van der Waals surface area contributed by atoms with E-state index in [1.54, 1.807) is 18.2 Å². The number of aryl methyl sites for hydroxylation is 1. The lowest BCUT2D eigenvalue weighted by molar-refractivity contribution is 0.475. The van der Waals surface area contributed by atoms with E-state index in [1.807, 2.05) is 37.3 Å². The quantitative estimate of drug-likeness (QED) is 0.733. The molecule has 0 aliphatic heterocycles. The molecule has 0 amide bonds. The zero-order valence-corrected chi connectivity index (χ0v) is 10.5. The first kappa shape index (κ1) is 11.5. The molecule has 0 unspecified atom stereocenters. The molecule has 0 aliphatic rings. The number of aromatic nitrogens is 2. The zero-order valence-electron chi connectivity index (χ0n) is 10.5. The summed E-state index contributed by atoms with van der Waals surface area (Å²) in [5.74, 6) is 0.231. The third kappa shape index (κ3) is 2.20. The molecule has 4 nitrogen and oxygen atoms in total. The minimum Gasteiger partial charge on any atom is -0.508 e. The Bertz CT molecular complexity index is 740. The van der Waals surface area contributed by atoms with Gasteiger partial charge < -0.3 is 10.4 Å². The van der Waals surface area contributed by atoms with Crippen LogP contribution in [-0.4, -0.2) is 15.3 Å². The van der Waals surface area contributed by atoms with E-state index in [1.165, 1.54) is 0 Å². The van der Waals surface area contributed by atoms with Crippen molar-refractivity contribution in [1.82, 2.24) is 10.2 Å². The van der Waals surface area contributed by atoms with E-state index < -0.39 is 0 Å². The third-order valence-corrected chi connectivity index (χ3v) is 2.96. The summed E-state index contributed by atoms with van der Waals surface area (Å²) < 4.78 is 0. The molecule has 3 aromatic rings. The second-order valence-corrected chi connectivity index (χ2v) is 4.35. The standard InChI is InChI=1S/C15H13N3O/c1-10-15(16-11-5-4-6-12(19)9-11)13-7-2-3-8-14(13)18-17-10/h2-9,19H,1H3,(H,16,18). The number of rotatable bonds is 2. The topological polar surface area (TPSA) is 58.0 Å². The molecule has 3 rings (SSSR count). The minimum absolute atomic E-state index is 0.231. The van der Waals surface area contributed by atoms with Crippen LogP contribution in [-0.2, 0) is 0 Å². The van der Waals surface area contributed by atoms with E-state index in [0.29, 0.717) is 0 Å². The van der Waals surface area contributed by atoms with Gasteiger partial charge >= 0.3 is 0 Å². The number of aromatic hydroxyl groups is 1. The van der Waals surface area contributed by atoms with Crippen LogP contribution in [0.25, 0.3) is 10.9 Å². The van der Waals surface area contributed by atoms with Gasteiger partial charge in [0.2, 0.25) is 0 Å². The summed E-state index contributed by atoms with van der Waals surface area (Å²) >= 11 is 0. The number of nitrogens with one attached hydrogen (secondary N) is 1. The van der Waals surface area contributed by atoms with Crippen molar-refractivity contribution in [3.8, 4) is 5.75 Å². The molecule has 2 N–H and O–H groups in total. The van der Waals surface area contributed by atoms with Gasteiger partial charge in [0.1, 0.15) is 5.75 Å². The molecule has 2 aromatic carbocycles. The summed E-state index contributed by atoms with van der Waals surface area (Å²) in [5, 5.41) is 22.1. The van der Waals surface area contributed by atoms with Gasteiger partial charge in [0.15, 0.2) is 0 Å². The lowest BCUT2D eigenvalue weighted by Gasteiger charge is -2.11. The predicted molar refractivity (Wildman–Crippen MR) is 75.7 cm³/mol. The largest absolute Gasteiger partial charge is 0.508 e. The van der Waals surface area contributed by atoms with E-state index in [9.17, 15) is 5.11 Å². The molecule has 0 saturated heterocycles. The Balaban J connectivity index is 2.12. The summed E-state index contributed by atoms with van der Waals surface area (Å²) in [4.78, 5) is 0. The van der Waals surface area contributed by atoms with E-state index in [0.717, 1.165) is 28.0 Å². The first-order valence-corrected chi connectivity index (χ1v) is 6.02. The summed E-state index contributed by atoms with van der Waals surface area (Å²) in [6, 6.07) is 14.8. The monoisotopic (exact) mass is 251 g/mol. The van der Waals surface area contributed by atoms with Gasteiger partial charge in [0, 0.05) is 17.1 Å². The van der Waals surface area contributed by atoms with Crippen LogP contribution in [0.3, 0.4) is 0 Å². The van der Waals surface area contributed by atoms with Crippen LogP contribution in [0.2, 0.25) is 0 Å². The molecule has 0 atom stereocenters. The van der Waals surface area contributed by atoms with Crippen molar-refractivity contribution in [2.24, 2.45) is 0 Å². The van der Waals surface area contributed by atoms with E-state index in [-0.39, 0.29) is 5.75 Å². The van der Waals surface area contributed by atoms with Gasteiger partial charge in [0.05, 0.1) is 16.9 Å². The highest BCUT2D eigenvalue weighted by Gasteiger charge is 2.07. The fraction of sp³-hybridized carbons (Fsp3) is 0.0667. The molecule has 0 radical (unpaired) electrons.